The van der Waals surface area contributed by atoms with E-state index in [0.29, 0.717) is 11.1 Å². The third kappa shape index (κ3) is 2.67. The van der Waals surface area contributed by atoms with Crippen LogP contribution in [0.25, 0.3) is 12.2 Å². The lowest BCUT2D eigenvalue weighted by molar-refractivity contribution is 0.0696. The Kier molecular flexibility index (Phi) is 4.00. The molecular formula is C16H11ClO4S2. The first-order valence-corrected chi connectivity index (χ1v) is 9.61. The van der Waals surface area contributed by atoms with Crippen LogP contribution in [-0.2, 0) is 9.84 Å². The number of carbonyl (C=O) groups is 1. The molecule has 7 heteroatoms. The molecule has 0 saturated heterocycles. The zero-order valence-corrected chi connectivity index (χ0v) is 14.3. The molecule has 0 atom stereocenters. The molecule has 1 N–H and O–H groups in total. The Bertz CT molecular complexity index is 962. The molecule has 1 aliphatic rings. The second-order valence-electron chi connectivity index (χ2n) is 4.92. The highest BCUT2D eigenvalue weighted by Gasteiger charge is 2.28. The number of benzene rings is 2. The number of halogens is 1. The zero-order valence-electron chi connectivity index (χ0n) is 11.9. The van der Waals surface area contributed by atoms with Crippen molar-refractivity contribution in [2.24, 2.45) is 0 Å². The van der Waals surface area contributed by atoms with E-state index in [2.05, 4.69) is 0 Å². The summed E-state index contributed by atoms with van der Waals surface area (Å²) >= 11 is 7.62. The molecule has 1 heterocycles. The molecule has 118 valence electrons. The predicted octanol–water partition coefficient (Wildman–Crippen LogP) is 4.08. The van der Waals surface area contributed by atoms with Crippen molar-refractivity contribution in [2.75, 3.05) is 6.26 Å². The maximum atomic E-state index is 12.9. The van der Waals surface area contributed by atoms with E-state index in [4.69, 9.17) is 16.7 Å². The van der Waals surface area contributed by atoms with Crippen LogP contribution in [0.3, 0.4) is 0 Å². The van der Waals surface area contributed by atoms with Crippen LogP contribution in [0.1, 0.15) is 21.5 Å². The van der Waals surface area contributed by atoms with Gasteiger partial charge in [0, 0.05) is 15.5 Å². The number of hydrogen-bond acceptors (Lipinski definition) is 4. The number of sulfone groups is 1. The molecule has 2 aromatic rings. The van der Waals surface area contributed by atoms with E-state index < -0.39 is 15.8 Å². The van der Waals surface area contributed by atoms with Crippen molar-refractivity contribution in [1.29, 1.82) is 0 Å². The number of hydrogen-bond donors (Lipinski definition) is 1. The lowest BCUT2D eigenvalue weighted by Crippen LogP contribution is -2.07. The second-order valence-corrected chi connectivity index (χ2v) is 8.09. The van der Waals surface area contributed by atoms with Gasteiger partial charge >= 0.3 is 5.97 Å². The average Bonchev–Trinajstić information content (AvgIpc) is 2.62. The summed E-state index contributed by atoms with van der Waals surface area (Å²) in [5.41, 5.74) is 0.703. The number of carboxylic acids is 1. The Labute approximate surface area is 142 Å². The van der Waals surface area contributed by atoms with Crippen LogP contribution in [0.15, 0.2) is 45.0 Å². The number of aromatic carboxylic acids is 1. The molecule has 2 aromatic carbocycles. The van der Waals surface area contributed by atoms with E-state index in [-0.39, 0.29) is 20.4 Å². The van der Waals surface area contributed by atoms with E-state index in [1.54, 1.807) is 24.3 Å². The minimum atomic E-state index is -3.86. The topological polar surface area (TPSA) is 71.4 Å². The third-order valence-corrected chi connectivity index (χ3v) is 6.47. The van der Waals surface area contributed by atoms with Crippen molar-refractivity contribution in [3.63, 3.8) is 0 Å². The third-order valence-electron chi connectivity index (χ3n) is 3.56. The van der Waals surface area contributed by atoms with Gasteiger partial charge in [0.25, 0.3) is 0 Å². The molecule has 0 bridgehead atoms. The fourth-order valence-electron chi connectivity index (χ4n) is 2.42. The first-order valence-electron chi connectivity index (χ1n) is 6.52. The summed E-state index contributed by atoms with van der Waals surface area (Å²) in [6.45, 7) is 0. The van der Waals surface area contributed by atoms with Crippen molar-refractivity contribution in [1.82, 2.24) is 0 Å². The summed E-state index contributed by atoms with van der Waals surface area (Å²) in [4.78, 5) is 12.2. The number of carboxylic acid groups (broad SMARTS) is 1. The molecule has 1 aliphatic heterocycles. The highest BCUT2D eigenvalue weighted by atomic mass is 35.5. The van der Waals surface area contributed by atoms with Gasteiger partial charge < -0.3 is 5.11 Å². The van der Waals surface area contributed by atoms with Gasteiger partial charge in [-0.05, 0) is 42.2 Å². The molecule has 0 spiro atoms. The van der Waals surface area contributed by atoms with Crippen molar-refractivity contribution in [2.45, 2.75) is 14.7 Å². The maximum Gasteiger partial charge on any atom is 0.335 e. The van der Waals surface area contributed by atoms with Gasteiger partial charge in [-0.15, -0.1) is 11.8 Å². The molecule has 0 radical (unpaired) electrons. The number of fused-ring (bicyclic) bond motifs is 2. The minimum Gasteiger partial charge on any atom is -0.478 e. The van der Waals surface area contributed by atoms with Crippen molar-refractivity contribution < 1.29 is 18.3 Å². The Balaban J connectivity index is 2.35. The lowest BCUT2D eigenvalue weighted by atomic mass is 10.1. The maximum absolute atomic E-state index is 12.9. The quantitative estimate of drug-likeness (QED) is 0.692. The normalized spacial score (nSPS) is 14.7. The van der Waals surface area contributed by atoms with Crippen LogP contribution >= 0.6 is 23.4 Å². The number of rotatable bonds is 2. The standard InChI is InChI=1S/C16H11ClO4S2/c1-22-11-3-5-14-9(6-11)2-4-12-13(17)7-10(16(18)19)8-15(12)23(14,20)21/h2-8H,1H3,(H,18,19). The Morgan fingerprint density at radius 2 is 1.87 bits per heavy atom. The van der Waals surface area contributed by atoms with Crippen LogP contribution < -0.4 is 0 Å². The average molecular weight is 367 g/mol. The van der Waals surface area contributed by atoms with Gasteiger partial charge in [0.15, 0.2) is 0 Å². The van der Waals surface area contributed by atoms with E-state index in [1.165, 1.54) is 23.9 Å². The first kappa shape index (κ1) is 16.1. The molecular weight excluding hydrogens is 356 g/mol. The van der Waals surface area contributed by atoms with Gasteiger partial charge in [-0.3, -0.25) is 0 Å². The zero-order chi connectivity index (χ0) is 16.8. The van der Waals surface area contributed by atoms with Crippen molar-refractivity contribution in [3.8, 4) is 0 Å². The van der Waals surface area contributed by atoms with Crippen LogP contribution in [-0.4, -0.2) is 25.7 Å². The molecule has 23 heavy (non-hydrogen) atoms. The van der Waals surface area contributed by atoms with E-state index >= 15 is 0 Å². The Morgan fingerprint density at radius 1 is 1.13 bits per heavy atom. The van der Waals surface area contributed by atoms with Gasteiger partial charge in [-0.25, -0.2) is 13.2 Å². The Morgan fingerprint density at radius 3 is 2.52 bits per heavy atom. The van der Waals surface area contributed by atoms with Crippen LogP contribution in [0.2, 0.25) is 5.02 Å². The van der Waals surface area contributed by atoms with E-state index in [1.807, 2.05) is 6.26 Å². The van der Waals surface area contributed by atoms with Gasteiger partial charge in [-0.2, -0.15) is 0 Å². The molecule has 0 amide bonds. The molecule has 0 saturated carbocycles. The largest absolute Gasteiger partial charge is 0.478 e. The summed E-state index contributed by atoms with van der Waals surface area (Å²) < 4.78 is 25.9. The van der Waals surface area contributed by atoms with Gasteiger partial charge in [0.2, 0.25) is 9.84 Å². The fraction of sp³-hybridized carbons (Fsp3) is 0.0625. The summed E-state index contributed by atoms with van der Waals surface area (Å²) in [6, 6.07) is 7.46. The molecule has 0 aromatic heterocycles. The summed E-state index contributed by atoms with van der Waals surface area (Å²) in [7, 11) is -3.86. The van der Waals surface area contributed by atoms with Gasteiger partial charge in [0.05, 0.1) is 15.4 Å². The van der Waals surface area contributed by atoms with Crippen LogP contribution in [0, 0.1) is 0 Å². The summed E-state index contributed by atoms with van der Waals surface area (Å²) in [6.07, 6.45) is 5.20. The van der Waals surface area contributed by atoms with Crippen molar-refractivity contribution >= 4 is 51.3 Å². The van der Waals surface area contributed by atoms with Crippen LogP contribution in [0.4, 0.5) is 0 Å². The first-order chi connectivity index (χ1) is 10.8. The minimum absolute atomic E-state index is 0.0886. The molecule has 3 rings (SSSR count). The van der Waals surface area contributed by atoms with Crippen molar-refractivity contribution in [3.05, 3.63) is 52.0 Å². The smallest absolute Gasteiger partial charge is 0.335 e. The van der Waals surface area contributed by atoms with E-state index in [0.717, 1.165) is 11.0 Å². The van der Waals surface area contributed by atoms with Gasteiger partial charge in [-0.1, -0.05) is 23.8 Å². The highest BCUT2D eigenvalue weighted by molar-refractivity contribution is 7.98. The predicted molar refractivity (Wildman–Crippen MR) is 91.0 cm³/mol. The molecule has 4 nitrogen and oxygen atoms in total. The number of thioether (sulfide) groups is 1. The van der Waals surface area contributed by atoms with Gasteiger partial charge in [0.1, 0.15) is 0 Å². The Hall–Kier alpha value is -1.76. The summed E-state index contributed by atoms with van der Waals surface area (Å²) in [5.74, 6) is -1.23. The highest BCUT2D eigenvalue weighted by Crippen LogP contribution is 2.37. The molecule has 0 unspecified atom stereocenters. The summed E-state index contributed by atoms with van der Waals surface area (Å²) in [5, 5.41) is 9.24. The fourth-order valence-corrected chi connectivity index (χ4v) is 4.88. The van der Waals surface area contributed by atoms with Crippen LogP contribution in [0.5, 0.6) is 0 Å². The lowest BCUT2D eigenvalue weighted by Gasteiger charge is -2.11. The molecule has 0 aliphatic carbocycles. The SMILES string of the molecule is CSc1ccc2c(c1)C=Cc1c(Cl)cc(C(=O)O)cc1S2(=O)=O. The monoisotopic (exact) mass is 366 g/mol. The molecule has 0 fully saturated rings. The van der Waals surface area contributed by atoms with E-state index in [9.17, 15) is 13.2 Å². The second kappa shape index (κ2) is 5.70.